The molecular formula is C26H25NO3. The van der Waals surface area contributed by atoms with Crippen molar-refractivity contribution >= 4 is 16.9 Å². The highest BCUT2D eigenvalue weighted by Gasteiger charge is 2.11. The third kappa shape index (κ3) is 4.54. The Kier molecular flexibility index (Phi) is 5.84. The molecule has 30 heavy (non-hydrogen) atoms. The standard InChI is InChI=1S/C26H25NO3/c1-19-16-24-22(17-26(28)29)8-5-9-25(24)27(19)18-21-10-12-23(13-11-21)30-15-14-20-6-3-2-4-7-20/h2-13,16H,14-15,17-18H2,1H3,(H,28,29). The van der Waals surface area contributed by atoms with Crippen LogP contribution in [0.25, 0.3) is 10.9 Å². The van der Waals surface area contributed by atoms with Crippen molar-refractivity contribution in [1.82, 2.24) is 4.57 Å². The number of hydrogen-bond acceptors (Lipinski definition) is 2. The molecule has 0 saturated carbocycles. The van der Waals surface area contributed by atoms with Crippen LogP contribution in [0.5, 0.6) is 5.75 Å². The van der Waals surface area contributed by atoms with E-state index in [9.17, 15) is 9.90 Å². The van der Waals surface area contributed by atoms with Crippen LogP contribution >= 0.6 is 0 Å². The molecule has 0 unspecified atom stereocenters. The predicted octanol–water partition coefficient (Wildman–Crippen LogP) is 5.25. The number of aryl methyl sites for hydroxylation is 1. The van der Waals surface area contributed by atoms with E-state index in [0.29, 0.717) is 6.61 Å². The SMILES string of the molecule is Cc1cc2c(CC(=O)O)cccc2n1Cc1ccc(OCCc2ccccc2)cc1. The van der Waals surface area contributed by atoms with E-state index in [1.54, 1.807) is 0 Å². The summed E-state index contributed by atoms with van der Waals surface area (Å²) in [6.07, 6.45) is 0.922. The number of ether oxygens (including phenoxy) is 1. The summed E-state index contributed by atoms with van der Waals surface area (Å²) >= 11 is 0. The summed E-state index contributed by atoms with van der Waals surface area (Å²) in [5.74, 6) is 0.0586. The minimum atomic E-state index is -0.809. The van der Waals surface area contributed by atoms with Crippen molar-refractivity contribution in [3.05, 3.63) is 101 Å². The monoisotopic (exact) mass is 399 g/mol. The van der Waals surface area contributed by atoms with Crippen molar-refractivity contribution in [3.8, 4) is 5.75 Å². The molecule has 3 aromatic carbocycles. The minimum absolute atomic E-state index is 0.0375. The van der Waals surface area contributed by atoms with E-state index in [1.807, 2.05) is 42.5 Å². The summed E-state index contributed by atoms with van der Waals surface area (Å²) in [6, 6.07) is 26.5. The molecule has 1 N–H and O–H groups in total. The van der Waals surface area contributed by atoms with Crippen LogP contribution < -0.4 is 4.74 Å². The molecule has 0 aliphatic carbocycles. The van der Waals surface area contributed by atoms with E-state index in [2.05, 4.69) is 47.9 Å². The number of rotatable bonds is 8. The Labute approximate surface area is 176 Å². The average Bonchev–Trinajstić information content (AvgIpc) is 3.06. The van der Waals surface area contributed by atoms with Crippen LogP contribution in [0.2, 0.25) is 0 Å². The van der Waals surface area contributed by atoms with Gasteiger partial charge >= 0.3 is 5.97 Å². The smallest absolute Gasteiger partial charge is 0.307 e. The third-order valence-corrected chi connectivity index (χ3v) is 5.35. The van der Waals surface area contributed by atoms with E-state index in [4.69, 9.17) is 4.74 Å². The highest BCUT2D eigenvalue weighted by molar-refractivity contribution is 5.88. The number of benzene rings is 3. The molecule has 4 rings (SSSR count). The lowest BCUT2D eigenvalue weighted by Gasteiger charge is -2.11. The Morgan fingerprint density at radius 2 is 1.70 bits per heavy atom. The van der Waals surface area contributed by atoms with Crippen LogP contribution in [-0.4, -0.2) is 22.2 Å². The van der Waals surface area contributed by atoms with Crippen molar-refractivity contribution in [2.45, 2.75) is 26.3 Å². The quantitative estimate of drug-likeness (QED) is 0.440. The van der Waals surface area contributed by atoms with Gasteiger partial charge in [-0.25, -0.2) is 0 Å². The van der Waals surface area contributed by atoms with Gasteiger partial charge in [0.1, 0.15) is 5.75 Å². The van der Waals surface area contributed by atoms with Crippen molar-refractivity contribution < 1.29 is 14.6 Å². The Balaban J connectivity index is 1.45. The lowest BCUT2D eigenvalue weighted by Crippen LogP contribution is -2.03. The van der Waals surface area contributed by atoms with Crippen LogP contribution in [-0.2, 0) is 24.2 Å². The summed E-state index contributed by atoms with van der Waals surface area (Å²) < 4.78 is 8.11. The molecule has 4 nitrogen and oxygen atoms in total. The Morgan fingerprint density at radius 3 is 2.43 bits per heavy atom. The van der Waals surface area contributed by atoms with E-state index in [-0.39, 0.29) is 6.42 Å². The molecule has 4 aromatic rings. The van der Waals surface area contributed by atoms with Crippen LogP contribution in [0.4, 0.5) is 0 Å². The van der Waals surface area contributed by atoms with Gasteiger partial charge in [-0.1, -0.05) is 54.6 Å². The molecule has 0 spiro atoms. The van der Waals surface area contributed by atoms with Gasteiger partial charge in [-0.15, -0.1) is 0 Å². The number of aromatic nitrogens is 1. The number of fused-ring (bicyclic) bond motifs is 1. The predicted molar refractivity (Wildman–Crippen MR) is 119 cm³/mol. The Morgan fingerprint density at radius 1 is 0.933 bits per heavy atom. The van der Waals surface area contributed by atoms with Gasteiger partial charge < -0.3 is 14.4 Å². The van der Waals surface area contributed by atoms with Crippen molar-refractivity contribution in [2.24, 2.45) is 0 Å². The van der Waals surface area contributed by atoms with Gasteiger partial charge in [-0.05, 0) is 47.9 Å². The molecule has 0 aliphatic rings. The van der Waals surface area contributed by atoms with E-state index in [1.165, 1.54) is 11.1 Å². The third-order valence-electron chi connectivity index (χ3n) is 5.35. The zero-order chi connectivity index (χ0) is 20.9. The molecular weight excluding hydrogens is 374 g/mol. The first-order valence-electron chi connectivity index (χ1n) is 10.2. The van der Waals surface area contributed by atoms with Gasteiger partial charge in [0, 0.05) is 29.6 Å². The number of aliphatic carboxylic acids is 1. The second-order valence-electron chi connectivity index (χ2n) is 7.52. The maximum Gasteiger partial charge on any atom is 0.307 e. The molecule has 0 bridgehead atoms. The van der Waals surface area contributed by atoms with Crippen LogP contribution in [0, 0.1) is 6.92 Å². The normalized spacial score (nSPS) is 11.0. The number of carbonyl (C=O) groups is 1. The molecule has 4 heteroatoms. The maximum absolute atomic E-state index is 11.2. The van der Waals surface area contributed by atoms with E-state index >= 15 is 0 Å². The minimum Gasteiger partial charge on any atom is -0.493 e. The first-order chi connectivity index (χ1) is 14.6. The number of hydrogen-bond donors (Lipinski definition) is 1. The summed E-state index contributed by atoms with van der Waals surface area (Å²) in [7, 11) is 0. The molecule has 152 valence electrons. The van der Waals surface area contributed by atoms with Crippen LogP contribution in [0.15, 0.2) is 78.9 Å². The lowest BCUT2D eigenvalue weighted by atomic mass is 10.1. The fourth-order valence-corrected chi connectivity index (χ4v) is 3.81. The van der Waals surface area contributed by atoms with E-state index < -0.39 is 5.97 Å². The van der Waals surface area contributed by atoms with Crippen LogP contribution in [0.1, 0.15) is 22.4 Å². The summed E-state index contributed by atoms with van der Waals surface area (Å²) in [5.41, 5.74) is 5.48. The van der Waals surface area contributed by atoms with Crippen LogP contribution in [0.3, 0.4) is 0 Å². The van der Waals surface area contributed by atoms with Gasteiger partial charge in [0.15, 0.2) is 0 Å². The van der Waals surface area contributed by atoms with Gasteiger partial charge in [0.05, 0.1) is 13.0 Å². The highest BCUT2D eigenvalue weighted by atomic mass is 16.5. The first-order valence-corrected chi connectivity index (χ1v) is 10.2. The molecule has 0 aliphatic heterocycles. The molecule has 0 atom stereocenters. The second kappa shape index (κ2) is 8.87. The molecule has 0 amide bonds. The zero-order valence-corrected chi connectivity index (χ0v) is 17.0. The maximum atomic E-state index is 11.2. The van der Waals surface area contributed by atoms with Crippen molar-refractivity contribution in [2.75, 3.05) is 6.61 Å². The topological polar surface area (TPSA) is 51.5 Å². The van der Waals surface area contributed by atoms with Gasteiger partial charge in [0.2, 0.25) is 0 Å². The Bertz CT molecular complexity index is 1140. The van der Waals surface area contributed by atoms with Crippen molar-refractivity contribution in [1.29, 1.82) is 0 Å². The first kappa shape index (κ1) is 19.8. The number of carboxylic acid groups (broad SMARTS) is 1. The van der Waals surface area contributed by atoms with E-state index in [0.717, 1.165) is 40.9 Å². The summed E-state index contributed by atoms with van der Waals surface area (Å²) in [5, 5.41) is 10.2. The largest absolute Gasteiger partial charge is 0.493 e. The Hall–Kier alpha value is -3.53. The zero-order valence-electron chi connectivity index (χ0n) is 17.0. The van der Waals surface area contributed by atoms with Gasteiger partial charge in [-0.3, -0.25) is 4.79 Å². The fraction of sp³-hybridized carbons (Fsp3) is 0.192. The summed E-state index contributed by atoms with van der Waals surface area (Å²) in [4.78, 5) is 11.2. The molecule has 0 saturated heterocycles. The van der Waals surface area contributed by atoms with Gasteiger partial charge in [0.25, 0.3) is 0 Å². The number of carboxylic acids is 1. The second-order valence-corrected chi connectivity index (χ2v) is 7.52. The van der Waals surface area contributed by atoms with Gasteiger partial charge in [-0.2, -0.15) is 0 Å². The molecule has 1 aromatic heterocycles. The van der Waals surface area contributed by atoms with Crippen molar-refractivity contribution in [3.63, 3.8) is 0 Å². The fourth-order valence-electron chi connectivity index (χ4n) is 3.81. The average molecular weight is 399 g/mol. The molecule has 0 radical (unpaired) electrons. The highest BCUT2D eigenvalue weighted by Crippen LogP contribution is 2.25. The summed E-state index contributed by atoms with van der Waals surface area (Å²) in [6.45, 7) is 3.44. The molecule has 1 heterocycles. The number of nitrogens with zero attached hydrogens (tertiary/aromatic N) is 1. The molecule has 0 fully saturated rings. The lowest BCUT2D eigenvalue weighted by molar-refractivity contribution is -0.136.